The SMILES string of the molecule is COc1ccc(N2C(=O)NC(=O)[C@H](C=Nc3cccc(Br)c3)C2=O)cc1. The highest BCUT2D eigenvalue weighted by atomic mass is 79.9. The molecule has 1 heterocycles. The average Bonchev–Trinajstić information content (AvgIpc) is 2.62. The Hall–Kier alpha value is -3.00. The molecule has 0 bridgehead atoms. The van der Waals surface area contributed by atoms with Crippen LogP contribution >= 0.6 is 15.9 Å². The van der Waals surface area contributed by atoms with E-state index in [-0.39, 0.29) is 0 Å². The number of halogens is 1. The van der Waals surface area contributed by atoms with Crippen LogP contribution in [-0.4, -0.2) is 31.2 Å². The molecule has 0 unspecified atom stereocenters. The largest absolute Gasteiger partial charge is 0.497 e. The third kappa shape index (κ3) is 3.65. The van der Waals surface area contributed by atoms with Crippen LogP contribution < -0.4 is 15.0 Å². The van der Waals surface area contributed by atoms with Gasteiger partial charge in [0.2, 0.25) is 5.91 Å². The first-order valence-electron chi connectivity index (χ1n) is 7.62. The molecule has 0 saturated carbocycles. The lowest BCUT2D eigenvalue weighted by Crippen LogP contribution is -2.58. The van der Waals surface area contributed by atoms with E-state index in [4.69, 9.17) is 4.74 Å². The van der Waals surface area contributed by atoms with E-state index in [1.165, 1.54) is 13.3 Å². The lowest BCUT2D eigenvalue weighted by Gasteiger charge is -2.28. The molecule has 0 aliphatic carbocycles. The summed E-state index contributed by atoms with van der Waals surface area (Å²) in [5.41, 5.74) is 0.912. The summed E-state index contributed by atoms with van der Waals surface area (Å²) in [5, 5.41) is 2.18. The van der Waals surface area contributed by atoms with E-state index < -0.39 is 23.8 Å². The number of ether oxygens (including phenoxy) is 1. The molecule has 132 valence electrons. The Labute approximate surface area is 157 Å². The Morgan fingerprint density at radius 1 is 1.15 bits per heavy atom. The Kier molecular flexibility index (Phi) is 5.13. The highest BCUT2D eigenvalue weighted by Gasteiger charge is 2.40. The van der Waals surface area contributed by atoms with Crippen LogP contribution in [-0.2, 0) is 9.59 Å². The standard InChI is InChI=1S/C18H14BrN3O4/c1-26-14-7-5-13(6-8-14)22-17(24)15(16(23)21-18(22)25)10-20-12-4-2-3-11(19)9-12/h2-10,15H,1H3,(H,21,23,25)/t15-/m0/s1. The summed E-state index contributed by atoms with van der Waals surface area (Å²) in [5.74, 6) is -1.98. The van der Waals surface area contributed by atoms with Gasteiger partial charge in [-0.3, -0.25) is 19.9 Å². The fraction of sp³-hybridized carbons (Fsp3) is 0.111. The number of barbiturate groups is 1. The van der Waals surface area contributed by atoms with E-state index in [0.29, 0.717) is 17.1 Å². The van der Waals surface area contributed by atoms with Gasteiger partial charge < -0.3 is 4.74 Å². The molecule has 2 aromatic rings. The number of amides is 4. The maximum absolute atomic E-state index is 12.7. The molecule has 7 nitrogen and oxygen atoms in total. The van der Waals surface area contributed by atoms with Crippen molar-refractivity contribution in [1.82, 2.24) is 5.32 Å². The molecule has 26 heavy (non-hydrogen) atoms. The molecule has 1 fully saturated rings. The number of anilines is 1. The number of urea groups is 1. The Morgan fingerprint density at radius 2 is 1.88 bits per heavy atom. The molecule has 8 heteroatoms. The zero-order valence-corrected chi connectivity index (χ0v) is 15.3. The topological polar surface area (TPSA) is 88.1 Å². The fourth-order valence-electron chi connectivity index (χ4n) is 2.41. The van der Waals surface area contributed by atoms with Crippen LogP contribution in [0, 0.1) is 5.92 Å². The number of benzene rings is 2. The molecule has 0 radical (unpaired) electrons. The molecule has 1 aliphatic heterocycles. The smallest absolute Gasteiger partial charge is 0.335 e. The normalized spacial score (nSPS) is 17.5. The van der Waals surface area contributed by atoms with Gasteiger partial charge in [-0.15, -0.1) is 0 Å². The summed E-state index contributed by atoms with van der Waals surface area (Å²) in [6.07, 6.45) is 1.24. The van der Waals surface area contributed by atoms with Gasteiger partial charge in [0.25, 0.3) is 5.91 Å². The third-order valence-electron chi connectivity index (χ3n) is 3.71. The van der Waals surface area contributed by atoms with Gasteiger partial charge in [0.1, 0.15) is 5.75 Å². The average molecular weight is 416 g/mol. The predicted octanol–water partition coefficient (Wildman–Crippen LogP) is 3.06. The van der Waals surface area contributed by atoms with E-state index in [9.17, 15) is 14.4 Å². The van der Waals surface area contributed by atoms with Crippen LogP contribution in [0.2, 0.25) is 0 Å². The number of methoxy groups -OCH3 is 1. The van der Waals surface area contributed by atoms with Crippen molar-refractivity contribution in [3.8, 4) is 5.75 Å². The van der Waals surface area contributed by atoms with Gasteiger partial charge in [0.05, 0.1) is 18.5 Å². The summed E-state index contributed by atoms with van der Waals surface area (Å²) >= 11 is 3.33. The van der Waals surface area contributed by atoms with Gasteiger partial charge >= 0.3 is 6.03 Å². The van der Waals surface area contributed by atoms with Crippen LogP contribution in [0.15, 0.2) is 58.0 Å². The number of imide groups is 2. The number of carbonyl (C=O) groups excluding carboxylic acids is 3. The third-order valence-corrected chi connectivity index (χ3v) is 4.21. The number of nitrogens with zero attached hydrogens (tertiary/aromatic N) is 2. The number of hydrogen-bond acceptors (Lipinski definition) is 5. The van der Waals surface area contributed by atoms with Crippen LogP contribution in [0.25, 0.3) is 0 Å². The lowest BCUT2D eigenvalue weighted by molar-refractivity contribution is -0.131. The van der Waals surface area contributed by atoms with Crippen molar-refractivity contribution >= 4 is 51.4 Å². The van der Waals surface area contributed by atoms with E-state index in [1.807, 2.05) is 6.07 Å². The summed E-state index contributed by atoms with van der Waals surface area (Å²) < 4.78 is 5.88. The molecule has 1 saturated heterocycles. The zero-order valence-electron chi connectivity index (χ0n) is 13.7. The minimum atomic E-state index is -1.20. The molecule has 1 N–H and O–H groups in total. The van der Waals surface area contributed by atoms with E-state index in [1.54, 1.807) is 42.5 Å². The number of carbonyl (C=O) groups is 3. The quantitative estimate of drug-likeness (QED) is 0.613. The summed E-state index contributed by atoms with van der Waals surface area (Å²) in [4.78, 5) is 42.0. The van der Waals surface area contributed by atoms with Crippen LogP contribution in [0.1, 0.15) is 0 Å². The molecular formula is C18H14BrN3O4. The molecule has 4 amide bonds. The lowest BCUT2D eigenvalue weighted by atomic mass is 10.1. The van der Waals surface area contributed by atoms with Crippen LogP contribution in [0.4, 0.5) is 16.2 Å². The molecule has 3 rings (SSSR count). The first-order chi connectivity index (χ1) is 12.5. The Balaban J connectivity index is 1.87. The van der Waals surface area contributed by atoms with Gasteiger partial charge in [0.15, 0.2) is 5.92 Å². The monoisotopic (exact) mass is 415 g/mol. The number of nitrogens with one attached hydrogen (secondary N) is 1. The maximum atomic E-state index is 12.7. The van der Waals surface area contributed by atoms with Crippen molar-refractivity contribution in [2.24, 2.45) is 10.9 Å². The van der Waals surface area contributed by atoms with Crippen LogP contribution in [0.3, 0.4) is 0 Å². The minimum absolute atomic E-state index is 0.335. The minimum Gasteiger partial charge on any atom is -0.497 e. The van der Waals surface area contributed by atoms with Gasteiger partial charge in [-0.2, -0.15) is 0 Å². The van der Waals surface area contributed by atoms with Gasteiger partial charge in [-0.1, -0.05) is 22.0 Å². The second-order valence-corrected chi connectivity index (χ2v) is 6.32. The van der Waals surface area contributed by atoms with Crippen molar-refractivity contribution in [2.45, 2.75) is 0 Å². The highest BCUT2D eigenvalue weighted by molar-refractivity contribution is 9.10. The van der Waals surface area contributed by atoms with Crippen molar-refractivity contribution < 1.29 is 19.1 Å². The predicted molar refractivity (Wildman–Crippen MR) is 99.8 cm³/mol. The Bertz CT molecular complexity index is 896. The van der Waals surface area contributed by atoms with Gasteiger partial charge in [-0.05, 0) is 42.5 Å². The van der Waals surface area contributed by atoms with Crippen LogP contribution in [0.5, 0.6) is 5.75 Å². The molecule has 2 aromatic carbocycles. The van der Waals surface area contributed by atoms with E-state index in [2.05, 4.69) is 26.2 Å². The first-order valence-corrected chi connectivity index (χ1v) is 8.41. The molecule has 1 aliphatic rings. The Morgan fingerprint density at radius 3 is 2.54 bits per heavy atom. The van der Waals surface area contributed by atoms with Crippen molar-refractivity contribution in [1.29, 1.82) is 0 Å². The maximum Gasteiger partial charge on any atom is 0.335 e. The van der Waals surface area contributed by atoms with Gasteiger partial charge in [0, 0.05) is 10.7 Å². The van der Waals surface area contributed by atoms with Gasteiger partial charge in [-0.25, -0.2) is 9.69 Å². The van der Waals surface area contributed by atoms with E-state index >= 15 is 0 Å². The fourth-order valence-corrected chi connectivity index (χ4v) is 2.80. The summed E-state index contributed by atoms with van der Waals surface area (Å²) in [6.45, 7) is 0. The molecule has 0 aromatic heterocycles. The van der Waals surface area contributed by atoms with E-state index in [0.717, 1.165) is 9.37 Å². The highest BCUT2D eigenvalue weighted by Crippen LogP contribution is 2.24. The molecule has 0 spiro atoms. The second kappa shape index (κ2) is 7.49. The summed E-state index contributed by atoms with van der Waals surface area (Å²) in [7, 11) is 1.51. The molecular weight excluding hydrogens is 402 g/mol. The van der Waals surface area contributed by atoms with Crippen molar-refractivity contribution in [2.75, 3.05) is 12.0 Å². The number of rotatable bonds is 4. The zero-order chi connectivity index (χ0) is 18.7. The number of aliphatic imine (C=N–C) groups is 1. The van der Waals surface area contributed by atoms with Crippen molar-refractivity contribution in [3.05, 3.63) is 53.0 Å². The number of hydrogen-bond donors (Lipinski definition) is 1. The molecule has 1 atom stereocenters. The first kappa shape index (κ1) is 17.8. The second-order valence-electron chi connectivity index (χ2n) is 5.40. The summed E-state index contributed by atoms with van der Waals surface area (Å²) in [6, 6.07) is 12.7. The van der Waals surface area contributed by atoms with Crippen molar-refractivity contribution in [3.63, 3.8) is 0 Å².